The normalized spacial score (nSPS) is 16.6. The van der Waals surface area contributed by atoms with Gasteiger partial charge in [0.25, 0.3) is 0 Å². The molecule has 0 unspecified atom stereocenters. The van der Waals surface area contributed by atoms with Gasteiger partial charge in [-0.3, -0.25) is 4.79 Å². The molecule has 2 aromatic rings. The second-order valence-electron chi connectivity index (χ2n) is 5.57. The number of rotatable bonds is 4. The van der Waals surface area contributed by atoms with Crippen molar-refractivity contribution in [1.82, 2.24) is 15.5 Å². The van der Waals surface area contributed by atoms with Gasteiger partial charge >= 0.3 is 0 Å². The molecule has 0 bridgehead atoms. The van der Waals surface area contributed by atoms with E-state index in [1.54, 1.807) is 12.1 Å². The van der Waals surface area contributed by atoms with Crippen molar-refractivity contribution in [2.24, 2.45) is 5.73 Å². The molecular formula is C15H17ClN4O2. The topological polar surface area (TPSA) is 94.0 Å². The molecule has 1 fully saturated rings. The molecule has 3 rings (SSSR count). The van der Waals surface area contributed by atoms with E-state index in [0.717, 1.165) is 31.2 Å². The number of hydrogen-bond donors (Lipinski definition) is 2. The van der Waals surface area contributed by atoms with E-state index in [9.17, 15) is 4.79 Å². The maximum atomic E-state index is 12.1. The van der Waals surface area contributed by atoms with Gasteiger partial charge in [-0.05, 0) is 25.0 Å². The highest BCUT2D eigenvalue weighted by molar-refractivity contribution is 6.30. The number of carbonyl (C=O) groups is 1. The van der Waals surface area contributed by atoms with Crippen LogP contribution in [0.1, 0.15) is 31.6 Å². The predicted molar refractivity (Wildman–Crippen MR) is 82.0 cm³/mol. The quantitative estimate of drug-likeness (QED) is 0.901. The number of amides is 1. The number of hydrogen-bond acceptors (Lipinski definition) is 5. The summed E-state index contributed by atoms with van der Waals surface area (Å²) in [6.07, 6.45) is 3.42. The van der Waals surface area contributed by atoms with Crippen LogP contribution < -0.4 is 11.1 Å². The van der Waals surface area contributed by atoms with Crippen LogP contribution in [0.15, 0.2) is 28.8 Å². The molecule has 1 aliphatic carbocycles. The summed E-state index contributed by atoms with van der Waals surface area (Å²) in [7, 11) is 0. The standard InChI is InChI=1S/C15H17ClN4O2/c16-11-5-3-4-10(8-11)13-19-12(22-20-13)9-18-14(21)15(17)6-1-2-7-15/h3-5,8H,1-2,6-7,9,17H2,(H,18,21). The third kappa shape index (κ3) is 3.13. The lowest BCUT2D eigenvalue weighted by molar-refractivity contribution is -0.126. The summed E-state index contributed by atoms with van der Waals surface area (Å²) >= 11 is 5.94. The largest absolute Gasteiger partial charge is 0.345 e. The Labute approximate surface area is 133 Å². The lowest BCUT2D eigenvalue weighted by atomic mass is 9.98. The van der Waals surface area contributed by atoms with Crippen LogP contribution >= 0.6 is 11.6 Å². The number of nitrogens with two attached hydrogens (primary N) is 1. The fourth-order valence-electron chi connectivity index (χ4n) is 2.64. The van der Waals surface area contributed by atoms with E-state index in [-0.39, 0.29) is 12.5 Å². The molecular weight excluding hydrogens is 304 g/mol. The Morgan fingerprint density at radius 3 is 2.91 bits per heavy atom. The Bertz CT molecular complexity index is 680. The summed E-state index contributed by atoms with van der Waals surface area (Å²) in [6.45, 7) is 0.172. The van der Waals surface area contributed by atoms with Crippen LogP contribution in [-0.2, 0) is 11.3 Å². The van der Waals surface area contributed by atoms with Gasteiger partial charge in [-0.2, -0.15) is 4.98 Å². The van der Waals surface area contributed by atoms with Crippen molar-refractivity contribution in [3.05, 3.63) is 35.2 Å². The fraction of sp³-hybridized carbons (Fsp3) is 0.400. The minimum atomic E-state index is -0.754. The minimum Gasteiger partial charge on any atom is -0.345 e. The summed E-state index contributed by atoms with van der Waals surface area (Å²) in [5.74, 6) is 0.618. The zero-order valence-electron chi connectivity index (χ0n) is 12.0. The monoisotopic (exact) mass is 320 g/mol. The van der Waals surface area contributed by atoms with Crippen LogP contribution in [0.3, 0.4) is 0 Å². The molecule has 1 aromatic heterocycles. The molecule has 1 aromatic carbocycles. The van der Waals surface area contributed by atoms with Crippen LogP contribution in [0.4, 0.5) is 0 Å². The van der Waals surface area contributed by atoms with Crippen LogP contribution in [-0.4, -0.2) is 21.6 Å². The molecule has 1 aliphatic rings. The van der Waals surface area contributed by atoms with E-state index in [1.807, 2.05) is 12.1 Å². The van der Waals surface area contributed by atoms with E-state index in [2.05, 4.69) is 15.5 Å². The van der Waals surface area contributed by atoms with Crippen molar-refractivity contribution in [1.29, 1.82) is 0 Å². The lowest BCUT2D eigenvalue weighted by Gasteiger charge is -2.21. The average Bonchev–Trinajstić information content (AvgIpc) is 3.14. The third-order valence-electron chi connectivity index (χ3n) is 3.90. The summed E-state index contributed by atoms with van der Waals surface area (Å²) < 4.78 is 5.15. The molecule has 0 atom stereocenters. The lowest BCUT2D eigenvalue weighted by Crippen LogP contribution is -2.51. The first kappa shape index (κ1) is 15.0. The van der Waals surface area contributed by atoms with Crippen molar-refractivity contribution in [3.63, 3.8) is 0 Å². The number of benzene rings is 1. The van der Waals surface area contributed by atoms with Crippen LogP contribution in [0, 0.1) is 0 Å². The molecule has 1 amide bonds. The predicted octanol–water partition coefficient (Wildman–Crippen LogP) is 2.28. The van der Waals surface area contributed by atoms with Gasteiger partial charge in [0.15, 0.2) is 0 Å². The van der Waals surface area contributed by atoms with Gasteiger partial charge in [0.05, 0.1) is 12.1 Å². The Kier molecular flexibility index (Phi) is 4.13. The number of carbonyl (C=O) groups excluding carboxylic acids is 1. The molecule has 0 radical (unpaired) electrons. The van der Waals surface area contributed by atoms with Crippen molar-refractivity contribution < 1.29 is 9.32 Å². The Balaban J connectivity index is 1.64. The zero-order chi connectivity index (χ0) is 15.6. The Morgan fingerprint density at radius 2 is 2.18 bits per heavy atom. The van der Waals surface area contributed by atoms with Gasteiger partial charge in [0.1, 0.15) is 0 Å². The van der Waals surface area contributed by atoms with Gasteiger partial charge < -0.3 is 15.6 Å². The number of halogens is 1. The second kappa shape index (κ2) is 6.06. The van der Waals surface area contributed by atoms with E-state index in [1.165, 1.54) is 0 Å². The third-order valence-corrected chi connectivity index (χ3v) is 4.13. The van der Waals surface area contributed by atoms with Gasteiger partial charge in [-0.25, -0.2) is 0 Å². The molecule has 3 N–H and O–H groups in total. The highest BCUT2D eigenvalue weighted by Gasteiger charge is 2.36. The molecule has 1 saturated carbocycles. The summed E-state index contributed by atoms with van der Waals surface area (Å²) in [4.78, 5) is 16.4. The van der Waals surface area contributed by atoms with Crippen molar-refractivity contribution >= 4 is 17.5 Å². The molecule has 0 spiro atoms. The molecule has 1 heterocycles. The Hall–Kier alpha value is -1.92. The number of nitrogens with one attached hydrogen (secondary N) is 1. The maximum absolute atomic E-state index is 12.1. The molecule has 0 saturated heterocycles. The smallest absolute Gasteiger partial charge is 0.246 e. The number of aromatic nitrogens is 2. The summed E-state index contributed by atoms with van der Waals surface area (Å²) in [5, 5.41) is 7.26. The maximum Gasteiger partial charge on any atom is 0.246 e. The van der Waals surface area contributed by atoms with Gasteiger partial charge in [0, 0.05) is 10.6 Å². The molecule has 6 nitrogen and oxygen atoms in total. The van der Waals surface area contributed by atoms with E-state index in [4.69, 9.17) is 21.9 Å². The van der Waals surface area contributed by atoms with Crippen LogP contribution in [0.5, 0.6) is 0 Å². The summed E-state index contributed by atoms with van der Waals surface area (Å²) in [5.41, 5.74) is 6.10. The van der Waals surface area contributed by atoms with Crippen LogP contribution in [0.2, 0.25) is 5.02 Å². The van der Waals surface area contributed by atoms with Crippen molar-refractivity contribution in [3.8, 4) is 11.4 Å². The highest BCUT2D eigenvalue weighted by Crippen LogP contribution is 2.27. The van der Waals surface area contributed by atoms with E-state index < -0.39 is 5.54 Å². The highest BCUT2D eigenvalue weighted by atomic mass is 35.5. The first-order valence-electron chi connectivity index (χ1n) is 7.22. The minimum absolute atomic E-state index is 0.160. The zero-order valence-corrected chi connectivity index (χ0v) is 12.8. The Morgan fingerprint density at radius 1 is 1.41 bits per heavy atom. The average molecular weight is 321 g/mol. The summed E-state index contributed by atoms with van der Waals surface area (Å²) in [6, 6.07) is 7.18. The van der Waals surface area contributed by atoms with Gasteiger partial charge in [-0.1, -0.05) is 41.7 Å². The molecule has 0 aliphatic heterocycles. The first-order valence-corrected chi connectivity index (χ1v) is 7.60. The van der Waals surface area contributed by atoms with Crippen molar-refractivity contribution in [2.75, 3.05) is 0 Å². The van der Waals surface area contributed by atoms with Gasteiger partial charge in [0.2, 0.25) is 17.6 Å². The van der Waals surface area contributed by atoms with E-state index in [0.29, 0.717) is 16.7 Å². The van der Waals surface area contributed by atoms with Crippen LogP contribution in [0.25, 0.3) is 11.4 Å². The molecule has 22 heavy (non-hydrogen) atoms. The molecule has 7 heteroatoms. The fourth-order valence-corrected chi connectivity index (χ4v) is 2.83. The first-order chi connectivity index (χ1) is 10.6. The molecule has 116 valence electrons. The second-order valence-corrected chi connectivity index (χ2v) is 6.00. The van der Waals surface area contributed by atoms with E-state index >= 15 is 0 Å². The van der Waals surface area contributed by atoms with Crippen molar-refractivity contribution in [2.45, 2.75) is 37.8 Å². The number of nitrogens with zero attached hydrogens (tertiary/aromatic N) is 2. The SMILES string of the molecule is NC1(C(=O)NCc2nc(-c3cccc(Cl)c3)no2)CCCC1. The van der Waals surface area contributed by atoms with Gasteiger partial charge in [-0.15, -0.1) is 0 Å².